The maximum atomic E-state index is 12.9. The number of carbonyl (C=O) groups is 1. The SMILES string of the molecule is COCc1nsc(N[C@@H]2CCN(Cc3ccc(F)cc3)C2=O)n1. The molecule has 1 aromatic heterocycles. The second-order valence-corrected chi connectivity index (χ2v) is 6.07. The van der Waals surface area contributed by atoms with Crippen LogP contribution in [0.3, 0.4) is 0 Å². The van der Waals surface area contributed by atoms with E-state index in [2.05, 4.69) is 14.7 Å². The van der Waals surface area contributed by atoms with E-state index in [1.165, 1.54) is 23.7 Å². The molecule has 1 fully saturated rings. The molecule has 1 N–H and O–H groups in total. The Morgan fingerprint density at radius 1 is 1.43 bits per heavy atom. The van der Waals surface area contributed by atoms with Gasteiger partial charge in [-0.2, -0.15) is 4.37 Å². The van der Waals surface area contributed by atoms with Crippen molar-refractivity contribution in [3.05, 3.63) is 41.5 Å². The predicted molar refractivity (Wildman–Crippen MR) is 84.5 cm³/mol. The summed E-state index contributed by atoms with van der Waals surface area (Å²) < 4.78 is 22.1. The van der Waals surface area contributed by atoms with Crippen LogP contribution < -0.4 is 5.32 Å². The molecule has 1 aliphatic rings. The molecule has 6 nitrogen and oxygen atoms in total. The molecule has 0 bridgehead atoms. The van der Waals surface area contributed by atoms with Crippen LogP contribution in [0, 0.1) is 5.82 Å². The first kappa shape index (κ1) is 15.8. The second kappa shape index (κ2) is 7.01. The van der Waals surface area contributed by atoms with Gasteiger partial charge in [-0.05, 0) is 24.1 Å². The van der Waals surface area contributed by atoms with Crippen molar-refractivity contribution >= 4 is 22.6 Å². The highest BCUT2D eigenvalue weighted by Gasteiger charge is 2.32. The highest BCUT2D eigenvalue weighted by molar-refractivity contribution is 7.09. The summed E-state index contributed by atoms with van der Waals surface area (Å²) >= 11 is 1.22. The van der Waals surface area contributed by atoms with Gasteiger partial charge in [0.2, 0.25) is 11.0 Å². The Kier molecular flexibility index (Phi) is 4.82. The van der Waals surface area contributed by atoms with Gasteiger partial charge in [-0.3, -0.25) is 4.79 Å². The number of halogens is 1. The van der Waals surface area contributed by atoms with Gasteiger partial charge in [0, 0.05) is 31.7 Å². The molecule has 23 heavy (non-hydrogen) atoms. The van der Waals surface area contributed by atoms with E-state index in [0.717, 1.165) is 5.56 Å². The van der Waals surface area contributed by atoms with Crippen LogP contribution in [0.4, 0.5) is 9.52 Å². The van der Waals surface area contributed by atoms with Crippen LogP contribution >= 0.6 is 11.5 Å². The number of carbonyl (C=O) groups excluding carboxylic acids is 1. The first-order valence-corrected chi connectivity index (χ1v) is 8.04. The van der Waals surface area contributed by atoms with E-state index in [9.17, 15) is 9.18 Å². The maximum Gasteiger partial charge on any atom is 0.245 e. The Morgan fingerprint density at radius 3 is 2.96 bits per heavy atom. The van der Waals surface area contributed by atoms with E-state index in [4.69, 9.17) is 4.74 Å². The normalized spacial score (nSPS) is 17.7. The first-order chi connectivity index (χ1) is 11.2. The molecule has 3 rings (SSSR count). The Bertz CT molecular complexity index is 676. The third kappa shape index (κ3) is 3.83. The van der Waals surface area contributed by atoms with Crippen molar-refractivity contribution in [3.63, 3.8) is 0 Å². The minimum absolute atomic E-state index is 0.0258. The first-order valence-electron chi connectivity index (χ1n) is 7.27. The topological polar surface area (TPSA) is 67.3 Å². The summed E-state index contributed by atoms with van der Waals surface area (Å²) in [7, 11) is 1.59. The molecule has 1 saturated heterocycles. The molecule has 0 radical (unpaired) electrons. The molecule has 1 atom stereocenters. The average Bonchev–Trinajstić information content (AvgIpc) is 3.12. The fraction of sp³-hybridized carbons (Fsp3) is 0.400. The molecule has 1 amide bonds. The zero-order valence-electron chi connectivity index (χ0n) is 12.7. The standard InChI is InChI=1S/C15H17FN4O2S/c1-22-9-13-18-15(23-19-13)17-12-6-7-20(14(12)21)8-10-2-4-11(16)5-3-10/h2-5,12H,6-9H2,1H3,(H,17,18,19)/t12-/m1/s1. The van der Waals surface area contributed by atoms with Crippen LogP contribution in [-0.4, -0.2) is 39.9 Å². The average molecular weight is 336 g/mol. The maximum absolute atomic E-state index is 12.9. The third-order valence-electron chi connectivity index (χ3n) is 3.62. The van der Waals surface area contributed by atoms with Crippen LogP contribution in [-0.2, 0) is 22.7 Å². The predicted octanol–water partition coefficient (Wildman–Crippen LogP) is 2.04. The smallest absolute Gasteiger partial charge is 0.245 e. The summed E-state index contributed by atoms with van der Waals surface area (Å²) in [6.07, 6.45) is 0.708. The van der Waals surface area contributed by atoms with Gasteiger partial charge in [0.25, 0.3) is 0 Å². The fourth-order valence-corrected chi connectivity index (χ4v) is 3.12. The van der Waals surface area contributed by atoms with Crippen molar-refractivity contribution in [2.24, 2.45) is 0 Å². The van der Waals surface area contributed by atoms with Gasteiger partial charge in [-0.1, -0.05) is 12.1 Å². The van der Waals surface area contributed by atoms with Crippen molar-refractivity contribution in [1.29, 1.82) is 0 Å². The van der Waals surface area contributed by atoms with Crippen LogP contribution in [0.2, 0.25) is 0 Å². The van der Waals surface area contributed by atoms with Crippen molar-refractivity contribution < 1.29 is 13.9 Å². The molecule has 0 unspecified atom stereocenters. The molecule has 2 heterocycles. The van der Waals surface area contributed by atoms with Crippen LogP contribution in [0.25, 0.3) is 0 Å². The number of amides is 1. The number of hydrogen-bond donors (Lipinski definition) is 1. The van der Waals surface area contributed by atoms with E-state index in [1.807, 2.05) is 0 Å². The van der Waals surface area contributed by atoms with E-state index < -0.39 is 0 Å². The van der Waals surface area contributed by atoms with Gasteiger partial charge in [-0.15, -0.1) is 0 Å². The number of anilines is 1. The van der Waals surface area contributed by atoms with E-state index in [1.54, 1.807) is 24.1 Å². The van der Waals surface area contributed by atoms with Gasteiger partial charge < -0.3 is 15.0 Å². The van der Waals surface area contributed by atoms with Crippen molar-refractivity contribution in [1.82, 2.24) is 14.3 Å². The summed E-state index contributed by atoms with van der Waals surface area (Å²) in [6.45, 7) is 1.51. The summed E-state index contributed by atoms with van der Waals surface area (Å²) in [6, 6.07) is 5.92. The quantitative estimate of drug-likeness (QED) is 0.874. The zero-order valence-corrected chi connectivity index (χ0v) is 13.5. The molecular weight excluding hydrogens is 319 g/mol. The molecule has 1 aliphatic heterocycles. The van der Waals surface area contributed by atoms with Crippen LogP contribution in [0.1, 0.15) is 17.8 Å². The van der Waals surface area contributed by atoms with E-state index >= 15 is 0 Å². The monoisotopic (exact) mass is 336 g/mol. The zero-order chi connectivity index (χ0) is 16.2. The number of benzene rings is 1. The molecule has 0 saturated carbocycles. The number of hydrogen-bond acceptors (Lipinski definition) is 6. The highest BCUT2D eigenvalue weighted by atomic mass is 32.1. The van der Waals surface area contributed by atoms with E-state index in [0.29, 0.717) is 37.1 Å². The number of methoxy groups -OCH3 is 1. The Labute approximate surface area is 137 Å². The lowest BCUT2D eigenvalue weighted by Gasteiger charge is -2.17. The van der Waals surface area contributed by atoms with Gasteiger partial charge in [0.1, 0.15) is 18.5 Å². The number of aromatic nitrogens is 2. The fourth-order valence-electron chi connectivity index (χ4n) is 2.49. The number of nitrogens with zero attached hydrogens (tertiary/aromatic N) is 3. The van der Waals surface area contributed by atoms with Gasteiger partial charge in [0.05, 0.1) is 0 Å². The van der Waals surface area contributed by atoms with Crippen molar-refractivity contribution in [2.75, 3.05) is 19.0 Å². The molecule has 122 valence electrons. The van der Waals surface area contributed by atoms with Crippen molar-refractivity contribution in [3.8, 4) is 0 Å². The van der Waals surface area contributed by atoms with Crippen molar-refractivity contribution in [2.45, 2.75) is 25.6 Å². The van der Waals surface area contributed by atoms with Gasteiger partial charge in [-0.25, -0.2) is 9.37 Å². The van der Waals surface area contributed by atoms with Crippen LogP contribution in [0.5, 0.6) is 0 Å². The molecule has 8 heteroatoms. The summed E-state index contributed by atoms with van der Waals surface area (Å²) in [5, 5.41) is 3.76. The number of nitrogens with one attached hydrogen (secondary N) is 1. The molecule has 0 spiro atoms. The Hall–Kier alpha value is -2.06. The van der Waals surface area contributed by atoms with E-state index in [-0.39, 0.29) is 17.8 Å². The summed E-state index contributed by atoms with van der Waals surface area (Å²) in [4.78, 5) is 18.5. The Morgan fingerprint density at radius 2 is 2.22 bits per heavy atom. The number of likely N-dealkylation sites (tertiary alicyclic amines) is 1. The minimum Gasteiger partial charge on any atom is -0.377 e. The number of ether oxygens (including phenoxy) is 1. The minimum atomic E-state index is -0.293. The third-order valence-corrected chi connectivity index (χ3v) is 4.31. The molecule has 0 aliphatic carbocycles. The lowest BCUT2D eigenvalue weighted by Crippen LogP contribution is -2.33. The Balaban J connectivity index is 1.58. The highest BCUT2D eigenvalue weighted by Crippen LogP contribution is 2.20. The van der Waals surface area contributed by atoms with Gasteiger partial charge in [0.15, 0.2) is 5.82 Å². The molecule has 2 aromatic rings. The summed E-state index contributed by atoms with van der Waals surface area (Å²) in [5.74, 6) is 0.357. The largest absolute Gasteiger partial charge is 0.377 e. The lowest BCUT2D eigenvalue weighted by molar-refractivity contribution is -0.128. The number of rotatable bonds is 6. The van der Waals surface area contributed by atoms with Gasteiger partial charge >= 0.3 is 0 Å². The molecular formula is C15H17FN4O2S. The lowest BCUT2D eigenvalue weighted by atomic mass is 10.2. The molecule has 1 aromatic carbocycles. The van der Waals surface area contributed by atoms with Crippen LogP contribution in [0.15, 0.2) is 24.3 Å². The summed E-state index contributed by atoms with van der Waals surface area (Å²) in [5.41, 5.74) is 0.915. The second-order valence-electron chi connectivity index (χ2n) is 5.32.